The van der Waals surface area contributed by atoms with Crippen molar-refractivity contribution in [3.05, 3.63) is 29.3 Å². The van der Waals surface area contributed by atoms with Crippen LogP contribution < -0.4 is 5.73 Å². The molecule has 4 nitrogen and oxygen atoms in total. The van der Waals surface area contributed by atoms with Crippen molar-refractivity contribution in [2.24, 2.45) is 0 Å². The maximum absolute atomic E-state index is 11.8. The van der Waals surface area contributed by atoms with Gasteiger partial charge in [0.1, 0.15) is 0 Å². The van der Waals surface area contributed by atoms with E-state index in [-0.39, 0.29) is 12.5 Å². The molecule has 0 atom stereocenters. The van der Waals surface area contributed by atoms with Gasteiger partial charge in [-0.05, 0) is 24.6 Å². The molecule has 0 aliphatic heterocycles. The van der Waals surface area contributed by atoms with Crippen molar-refractivity contribution in [3.8, 4) is 0 Å². The van der Waals surface area contributed by atoms with Gasteiger partial charge in [0.05, 0.1) is 6.61 Å². The molecule has 0 aliphatic carbocycles. The Morgan fingerprint density at radius 1 is 1.53 bits per heavy atom. The van der Waals surface area contributed by atoms with Gasteiger partial charge in [-0.25, -0.2) is 0 Å². The van der Waals surface area contributed by atoms with Gasteiger partial charge >= 0.3 is 0 Å². The standard InChI is InChI=1S/C11H16N2O2/c1-8-3-4-9(7-10(8)12)11(15)13(2)5-6-14/h3-4,7,14H,5-6,12H2,1-2H3. The van der Waals surface area contributed by atoms with Crippen LogP contribution in [0.2, 0.25) is 0 Å². The number of aliphatic hydroxyl groups excluding tert-OH is 1. The summed E-state index contributed by atoms with van der Waals surface area (Å²) >= 11 is 0. The Hall–Kier alpha value is -1.55. The summed E-state index contributed by atoms with van der Waals surface area (Å²) in [4.78, 5) is 13.2. The van der Waals surface area contributed by atoms with Crippen molar-refractivity contribution in [2.75, 3.05) is 25.9 Å². The van der Waals surface area contributed by atoms with E-state index >= 15 is 0 Å². The van der Waals surface area contributed by atoms with Gasteiger partial charge in [0.15, 0.2) is 0 Å². The fraction of sp³-hybridized carbons (Fsp3) is 0.364. The Kier molecular flexibility index (Phi) is 3.68. The van der Waals surface area contributed by atoms with Crippen LogP contribution in [0.5, 0.6) is 0 Å². The molecule has 82 valence electrons. The smallest absolute Gasteiger partial charge is 0.253 e. The van der Waals surface area contributed by atoms with E-state index in [9.17, 15) is 4.79 Å². The number of benzene rings is 1. The fourth-order valence-electron chi connectivity index (χ4n) is 1.25. The Morgan fingerprint density at radius 2 is 2.20 bits per heavy atom. The summed E-state index contributed by atoms with van der Waals surface area (Å²) in [5.41, 5.74) is 7.83. The molecule has 0 fully saturated rings. The number of likely N-dealkylation sites (N-methyl/N-ethyl adjacent to an activating group) is 1. The van der Waals surface area contributed by atoms with Gasteiger partial charge in [-0.1, -0.05) is 6.07 Å². The van der Waals surface area contributed by atoms with E-state index in [1.165, 1.54) is 4.90 Å². The molecule has 1 aromatic carbocycles. The van der Waals surface area contributed by atoms with E-state index in [0.29, 0.717) is 17.8 Å². The Labute approximate surface area is 89.3 Å². The number of amides is 1. The van der Waals surface area contributed by atoms with Crippen LogP contribution in [0.4, 0.5) is 5.69 Å². The minimum Gasteiger partial charge on any atom is -0.398 e. The zero-order chi connectivity index (χ0) is 11.4. The molecule has 0 radical (unpaired) electrons. The average Bonchev–Trinajstić information content (AvgIpc) is 2.21. The third kappa shape index (κ3) is 2.70. The zero-order valence-electron chi connectivity index (χ0n) is 9.03. The lowest BCUT2D eigenvalue weighted by molar-refractivity contribution is 0.0767. The highest BCUT2D eigenvalue weighted by Crippen LogP contribution is 2.14. The second-order valence-corrected chi connectivity index (χ2v) is 3.52. The third-order valence-electron chi connectivity index (χ3n) is 2.31. The predicted octanol–water partition coefficient (Wildman–Crippen LogP) is 0.642. The normalized spacial score (nSPS) is 10.1. The van der Waals surface area contributed by atoms with Crippen molar-refractivity contribution in [1.82, 2.24) is 4.90 Å². The van der Waals surface area contributed by atoms with Gasteiger partial charge in [-0.3, -0.25) is 4.79 Å². The van der Waals surface area contributed by atoms with Gasteiger partial charge in [0, 0.05) is 24.8 Å². The molecule has 1 aromatic rings. The molecule has 1 rings (SSSR count). The number of nitrogens with two attached hydrogens (primary N) is 1. The molecule has 3 N–H and O–H groups in total. The quantitative estimate of drug-likeness (QED) is 0.716. The van der Waals surface area contributed by atoms with Crippen LogP contribution in [-0.4, -0.2) is 36.1 Å². The van der Waals surface area contributed by atoms with Crippen molar-refractivity contribution in [2.45, 2.75) is 6.92 Å². The largest absolute Gasteiger partial charge is 0.398 e. The first kappa shape index (κ1) is 11.5. The minimum absolute atomic E-state index is 0.0381. The molecule has 0 saturated heterocycles. The van der Waals surface area contributed by atoms with Gasteiger partial charge in [0.2, 0.25) is 0 Å². The average molecular weight is 208 g/mol. The van der Waals surface area contributed by atoms with Crippen LogP contribution in [0.3, 0.4) is 0 Å². The Balaban J connectivity index is 2.87. The maximum atomic E-state index is 11.8. The monoisotopic (exact) mass is 208 g/mol. The van der Waals surface area contributed by atoms with Crippen molar-refractivity contribution in [1.29, 1.82) is 0 Å². The first-order chi connectivity index (χ1) is 7.06. The highest BCUT2D eigenvalue weighted by atomic mass is 16.3. The molecule has 0 unspecified atom stereocenters. The molecule has 0 spiro atoms. The van der Waals surface area contributed by atoms with Gasteiger partial charge < -0.3 is 15.7 Å². The van der Waals surface area contributed by atoms with Gasteiger partial charge in [-0.15, -0.1) is 0 Å². The fourth-order valence-corrected chi connectivity index (χ4v) is 1.25. The van der Waals surface area contributed by atoms with E-state index in [1.807, 2.05) is 13.0 Å². The van der Waals surface area contributed by atoms with E-state index in [1.54, 1.807) is 19.2 Å². The number of carbonyl (C=O) groups is 1. The topological polar surface area (TPSA) is 66.6 Å². The van der Waals surface area contributed by atoms with Crippen LogP contribution in [0.25, 0.3) is 0 Å². The van der Waals surface area contributed by atoms with Crippen LogP contribution >= 0.6 is 0 Å². The van der Waals surface area contributed by atoms with E-state index in [2.05, 4.69) is 0 Å². The Morgan fingerprint density at radius 3 is 2.73 bits per heavy atom. The molecule has 0 saturated carbocycles. The summed E-state index contributed by atoms with van der Waals surface area (Å²) in [6, 6.07) is 5.21. The molecular weight excluding hydrogens is 192 g/mol. The van der Waals surface area contributed by atoms with Crippen molar-refractivity contribution >= 4 is 11.6 Å². The first-order valence-corrected chi connectivity index (χ1v) is 4.78. The van der Waals surface area contributed by atoms with Crippen LogP contribution in [-0.2, 0) is 0 Å². The van der Waals surface area contributed by atoms with Crippen LogP contribution in [0.15, 0.2) is 18.2 Å². The van der Waals surface area contributed by atoms with E-state index in [0.717, 1.165) is 5.56 Å². The number of anilines is 1. The van der Waals surface area contributed by atoms with Gasteiger partial charge in [0.25, 0.3) is 5.91 Å². The van der Waals surface area contributed by atoms with Crippen LogP contribution in [0.1, 0.15) is 15.9 Å². The Bertz CT molecular complexity index is 364. The number of aryl methyl sites for hydroxylation is 1. The lowest BCUT2D eigenvalue weighted by Gasteiger charge is -2.16. The zero-order valence-corrected chi connectivity index (χ0v) is 9.03. The maximum Gasteiger partial charge on any atom is 0.253 e. The second kappa shape index (κ2) is 4.79. The lowest BCUT2D eigenvalue weighted by Crippen LogP contribution is -2.29. The number of hydrogen-bond donors (Lipinski definition) is 2. The summed E-state index contributed by atoms with van der Waals surface area (Å²) in [6.45, 7) is 2.18. The van der Waals surface area contributed by atoms with Crippen molar-refractivity contribution < 1.29 is 9.90 Å². The van der Waals surface area contributed by atoms with E-state index < -0.39 is 0 Å². The number of aliphatic hydroxyl groups is 1. The molecule has 1 amide bonds. The van der Waals surface area contributed by atoms with Crippen LogP contribution in [0, 0.1) is 6.92 Å². The number of hydrogen-bond acceptors (Lipinski definition) is 3. The predicted molar refractivity (Wildman–Crippen MR) is 59.6 cm³/mol. The molecule has 0 bridgehead atoms. The summed E-state index contributed by atoms with van der Waals surface area (Å²) in [5, 5.41) is 8.71. The first-order valence-electron chi connectivity index (χ1n) is 4.78. The SMILES string of the molecule is Cc1ccc(C(=O)N(C)CCO)cc1N. The molecule has 0 heterocycles. The lowest BCUT2D eigenvalue weighted by atomic mass is 10.1. The van der Waals surface area contributed by atoms with Gasteiger partial charge in [-0.2, -0.15) is 0 Å². The molecular formula is C11H16N2O2. The molecule has 15 heavy (non-hydrogen) atoms. The summed E-state index contributed by atoms with van der Waals surface area (Å²) in [7, 11) is 1.65. The molecule has 0 aliphatic rings. The highest BCUT2D eigenvalue weighted by molar-refractivity contribution is 5.95. The molecule has 4 heteroatoms. The number of carbonyl (C=O) groups excluding carboxylic acids is 1. The molecule has 0 aromatic heterocycles. The summed E-state index contributed by atoms with van der Waals surface area (Å²) < 4.78 is 0. The second-order valence-electron chi connectivity index (χ2n) is 3.52. The summed E-state index contributed by atoms with van der Waals surface area (Å²) in [6.07, 6.45) is 0. The number of nitrogens with zero attached hydrogens (tertiary/aromatic N) is 1. The minimum atomic E-state index is -0.129. The summed E-state index contributed by atoms with van der Waals surface area (Å²) in [5.74, 6) is -0.129. The van der Waals surface area contributed by atoms with Crippen molar-refractivity contribution in [3.63, 3.8) is 0 Å². The number of rotatable bonds is 3. The van der Waals surface area contributed by atoms with E-state index in [4.69, 9.17) is 10.8 Å². The highest BCUT2D eigenvalue weighted by Gasteiger charge is 2.11. The number of nitrogen functional groups attached to an aromatic ring is 1. The third-order valence-corrected chi connectivity index (χ3v) is 2.31.